The molecule has 2 aromatic heterocycles. The third kappa shape index (κ3) is 3.48. The van der Waals surface area contributed by atoms with Crippen LogP contribution >= 0.6 is 34.5 Å². The summed E-state index contributed by atoms with van der Waals surface area (Å²) in [6.07, 6.45) is 1.68. The van der Waals surface area contributed by atoms with Gasteiger partial charge in [0.2, 0.25) is 0 Å². The van der Waals surface area contributed by atoms with E-state index in [1.54, 1.807) is 18.2 Å². The first-order valence-electron chi connectivity index (χ1n) is 6.66. The van der Waals surface area contributed by atoms with Crippen LogP contribution in [0.1, 0.15) is 16.5 Å². The van der Waals surface area contributed by atoms with E-state index in [2.05, 4.69) is 11.1 Å². The van der Waals surface area contributed by atoms with Crippen molar-refractivity contribution in [3.63, 3.8) is 0 Å². The number of aryl methyl sites for hydroxylation is 1. The Morgan fingerprint density at radius 1 is 1.30 bits per heavy atom. The highest BCUT2D eigenvalue weighted by Crippen LogP contribution is 2.33. The van der Waals surface area contributed by atoms with Crippen LogP contribution in [0.3, 0.4) is 0 Å². The van der Waals surface area contributed by atoms with Crippen molar-refractivity contribution in [2.75, 3.05) is 0 Å². The minimum Gasteiger partial charge on any atom is -0.462 e. The summed E-state index contributed by atoms with van der Waals surface area (Å²) in [6.45, 7) is 1.85. The molecule has 23 heavy (non-hydrogen) atoms. The maximum absolute atomic E-state index is 9.38. The Bertz CT molecular complexity index is 934. The van der Waals surface area contributed by atoms with E-state index >= 15 is 0 Å². The van der Waals surface area contributed by atoms with Gasteiger partial charge < -0.3 is 4.42 Å². The highest BCUT2D eigenvalue weighted by molar-refractivity contribution is 7.11. The fourth-order valence-electron chi connectivity index (χ4n) is 2.03. The third-order valence-electron chi connectivity index (χ3n) is 3.11. The van der Waals surface area contributed by atoms with Gasteiger partial charge in [-0.25, -0.2) is 4.98 Å². The Labute approximate surface area is 147 Å². The number of nitriles is 1. The van der Waals surface area contributed by atoms with Crippen LogP contribution in [0.25, 0.3) is 22.9 Å². The lowest BCUT2D eigenvalue weighted by Crippen LogP contribution is -1.83. The number of aromatic nitrogens is 1. The summed E-state index contributed by atoms with van der Waals surface area (Å²) in [5, 5.41) is 13.0. The Morgan fingerprint density at radius 3 is 2.78 bits per heavy atom. The van der Waals surface area contributed by atoms with E-state index in [0.717, 1.165) is 11.3 Å². The summed E-state index contributed by atoms with van der Waals surface area (Å²) in [4.78, 5) is 4.50. The van der Waals surface area contributed by atoms with E-state index in [9.17, 15) is 5.26 Å². The van der Waals surface area contributed by atoms with Gasteiger partial charge in [-0.15, -0.1) is 11.3 Å². The largest absolute Gasteiger partial charge is 0.462 e. The van der Waals surface area contributed by atoms with Crippen molar-refractivity contribution in [3.05, 3.63) is 62.3 Å². The molecular formula is C17H10Cl2N2OS. The lowest BCUT2D eigenvalue weighted by molar-refractivity contribution is 0.525. The molecule has 0 radical (unpaired) electrons. The SMILES string of the molecule is Cc1ccc(/C=C(/C#N)c2nc(-c3ccc(Cl)cc3Cl)cs2)o1. The second-order valence-corrected chi connectivity index (χ2v) is 6.48. The summed E-state index contributed by atoms with van der Waals surface area (Å²) in [6, 6.07) is 11.1. The number of nitrogens with zero attached hydrogens (tertiary/aromatic N) is 2. The van der Waals surface area contributed by atoms with Crippen molar-refractivity contribution in [2.24, 2.45) is 0 Å². The zero-order valence-electron chi connectivity index (χ0n) is 12.0. The molecule has 114 valence electrons. The molecule has 0 unspecified atom stereocenters. The summed E-state index contributed by atoms with van der Waals surface area (Å²) < 4.78 is 5.47. The van der Waals surface area contributed by atoms with Gasteiger partial charge >= 0.3 is 0 Å². The zero-order valence-corrected chi connectivity index (χ0v) is 14.3. The average molecular weight is 361 g/mol. The van der Waals surface area contributed by atoms with Crippen LogP contribution in [0.15, 0.2) is 40.1 Å². The van der Waals surface area contributed by atoms with E-state index in [1.807, 2.05) is 30.5 Å². The van der Waals surface area contributed by atoms with E-state index in [-0.39, 0.29) is 0 Å². The van der Waals surface area contributed by atoms with Crippen LogP contribution in [-0.2, 0) is 0 Å². The number of thiazole rings is 1. The number of benzene rings is 1. The Morgan fingerprint density at radius 2 is 2.13 bits per heavy atom. The van der Waals surface area contributed by atoms with Crippen molar-refractivity contribution in [1.29, 1.82) is 5.26 Å². The van der Waals surface area contributed by atoms with E-state index < -0.39 is 0 Å². The molecule has 0 saturated heterocycles. The van der Waals surface area contributed by atoms with Crippen LogP contribution in [0.2, 0.25) is 10.0 Å². The first-order valence-corrected chi connectivity index (χ1v) is 8.30. The number of halogens is 2. The highest BCUT2D eigenvalue weighted by Gasteiger charge is 2.12. The molecular weight excluding hydrogens is 351 g/mol. The van der Waals surface area contributed by atoms with Crippen LogP contribution in [0.5, 0.6) is 0 Å². The molecule has 0 fully saturated rings. The van der Waals surface area contributed by atoms with Gasteiger partial charge in [0.25, 0.3) is 0 Å². The first-order chi connectivity index (χ1) is 11.1. The molecule has 0 saturated carbocycles. The molecule has 3 rings (SSSR count). The minimum absolute atomic E-state index is 0.445. The first kappa shape index (κ1) is 15.8. The maximum atomic E-state index is 9.38. The number of furan rings is 1. The van der Waals surface area contributed by atoms with Crippen molar-refractivity contribution < 1.29 is 4.42 Å². The molecule has 1 aromatic carbocycles. The predicted molar refractivity (Wildman–Crippen MR) is 94.5 cm³/mol. The van der Waals surface area contributed by atoms with E-state index in [1.165, 1.54) is 11.3 Å². The fourth-order valence-corrected chi connectivity index (χ4v) is 3.32. The zero-order chi connectivity index (χ0) is 16.4. The highest BCUT2D eigenvalue weighted by atomic mass is 35.5. The predicted octanol–water partition coefficient (Wildman–Crippen LogP) is 6.08. The fraction of sp³-hybridized carbons (Fsp3) is 0.0588. The standard InChI is InChI=1S/C17H10Cl2N2OS/c1-10-2-4-13(22-10)6-11(8-20)17-21-16(9-23-17)14-5-3-12(18)7-15(14)19/h2-7,9H,1H3/b11-6-. The van der Waals surface area contributed by atoms with Crippen molar-refractivity contribution in [2.45, 2.75) is 6.92 Å². The van der Waals surface area contributed by atoms with Gasteiger partial charge in [0, 0.05) is 22.0 Å². The molecule has 0 amide bonds. The van der Waals surface area contributed by atoms with Gasteiger partial charge in [-0.05, 0) is 37.3 Å². The van der Waals surface area contributed by atoms with Gasteiger partial charge in [-0.2, -0.15) is 5.26 Å². The van der Waals surface area contributed by atoms with Gasteiger partial charge in [0.05, 0.1) is 16.3 Å². The maximum Gasteiger partial charge on any atom is 0.134 e. The molecule has 0 aliphatic heterocycles. The van der Waals surface area contributed by atoms with Crippen molar-refractivity contribution in [1.82, 2.24) is 4.98 Å². The van der Waals surface area contributed by atoms with Gasteiger partial charge in [0.15, 0.2) is 0 Å². The Balaban J connectivity index is 1.97. The molecule has 0 N–H and O–H groups in total. The molecule has 0 atom stereocenters. The summed E-state index contributed by atoms with van der Waals surface area (Å²) in [5.74, 6) is 1.42. The van der Waals surface area contributed by atoms with Crippen LogP contribution < -0.4 is 0 Å². The Hall–Kier alpha value is -2.06. The normalized spacial score (nSPS) is 11.5. The van der Waals surface area contributed by atoms with Gasteiger partial charge in [-0.3, -0.25) is 0 Å². The quantitative estimate of drug-likeness (QED) is 0.531. The molecule has 0 aliphatic carbocycles. The number of hydrogen-bond acceptors (Lipinski definition) is 4. The summed E-state index contributed by atoms with van der Waals surface area (Å²) in [5.41, 5.74) is 1.94. The van der Waals surface area contributed by atoms with Gasteiger partial charge in [-0.1, -0.05) is 23.2 Å². The van der Waals surface area contributed by atoms with Crippen LogP contribution in [-0.4, -0.2) is 4.98 Å². The third-order valence-corrected chi connectivity index (χ3v) is 4.53. The number of hydrogen-bond donors (Lipinski definition) is 0. The second-order valence-electron chi connectivity index (χ2n) is 4.78. The molecule has 0 bridgehead atoms. The molecule has 0 spiro atoms. The molecule has 6 heteroatoms. The monoisotopic (exact) mass is 360 g/mol. The van der Waals surface area contributed by atoms with Crippen molar-refractivity contribution >= 4 is 46.2 Å². The number of allylic oxidation sites excluding steroid dienone is 1. The smallest absolute Gasteiger partial charge is 0.134 e. The van der Waals surface area contributed by atoms with Crippen LogP contribution in [0, 0.1) is 18.3 Å². The second kappa shape index (κ2) is 6.59. The molecule has 0 aliphatic rings. The molecule has 3 nitrogen and oxygen atoms in total. The van der Waals surface area contributed by atoms with E-state index in [4.69, 9.17) is 27.6 Å². The lowest BCUT2D eigenvalue weighted by atomic mass is 10.2. The van der Waals surface area contributed by atoms with E-state index in [0.29, 0.717) is 32.1 Å². The average Bonchev–Trinajstić information content (AvgIpc) is 3.14. The molecule has 2 heterocycles. The van der Waals surface area contributed by atoms with Crippen molar-refractivity contribution in [3.8, 4) is 17.3 Å². The number of rotatable bonds is 3. The van der Waals surface area contributed by atoms with Crippen LogP contribution in [0.4, 0.5) is 0 Å². The Kier molecular flexibility index (Phi) is 4.53. The summed E-state index contributed by atoms with van der Waals surface area (Å²) >= 11 is 13.5. The lowest BCUT2D eigenvalue weighted by Gasteiger charge is -2.00. The topological polar surface area (TPSA) is 49.8 Å². The molecule has 3 aromatic rings. The van der Waals surface area contributed by atoms with Gasteiger partial charge in [0.1, 0.15) is 22.6 Å². The minimum atomic E-state index is 0.445. The summed E-state index contributed by atoms with van der Waals surface area (Å²) in [7, 11) is 0.